The van der Waals surface area contributed by atoms with Crippen LogP contribution >= 0.6 is 0 Å². The fourth-order valence-corrected chi connectivity index (χ4v) is 1.62. The topological polar surface area (TPSA) is 52.6 Å². The van der Waals surface area contributed by atoms with Gasteiger partial charge < -0.3 is 9.47 Å². The van der Waals surface area contributed by atoms with E-state index in [1.54, 1.807) is 0 Å². The largest absolute Gasteiger partial charge is 0.469 e. The Kier molecular flexibility index (Phi) is 7.29. The Morgan fingerprint density at radius 1 is 1.20 bits per heavy atom. The van der Waals surface area contributed by atoms with E-state index < -0.39 is 5.97 Å². The van der Waals surface area contributed by atoms with Gasteiger partial charge in [-0.15, -0.1) is 0 Å². The molecule has 0 aliphatic heterocycles. The number of ether oxygens (including phenoxy) is 2. The molecule has 0 saturated carbocycles. The fraction of sp³-hybridized carbons (Fsp3) is 0.375. The number of carbonyl (C=O) groups is 2. The molecule has 1 rings (SSSR count). The van der Waals surface area contributed by atoms with Crippen molar-refractivity contribution in [2.45, 2.75) is 19.8 Å². The summed E-state index contributed by atoms with van der Waals surface area (Å²) < 4.78 is 9.83. The Bertz CT molecular complexity index is 463. The van der Waals surface area contributed by atoms with Crippen molar-refractivity contribution in [1.29, 1.82) is 0 Å². The number of hydrogen-bond donors (Lipinski definition) is 0. The Balaban J connectivity index is 2.22. The van der Waals surface area contributed by atoms with Crippen LogP contribution in [-0.2, 0) is 19.1 Å². The van der Waals surface area contributed by atoms with E-state index in [0.29, 0.717) is 13.2 Å². The van der Waals surface area contributed by atoms with Crippen molar-refractivity contribution >= 4 is 17.8 Å². The Labute approximate surface area is 119 Å². The molecule has 0 saturated heterocycles. The Morgan fingerprint density at radius 3 is 2.55 bits per heavy atom. The van der Waals surface area contributed by atoms with Crippen molar-refractivity contribution in [3.05, 3.63) is 41.5 Å². The number of methoxy groups -OCH3 is 1. The van der Waals surface area contributed by atoms with Crippen LogP contribution in [0.25, 0.3) is 6.08 Å². The highest BCUT2D eigenvalue weighted by atomic mass is 16.5. The number of rotatable bonds is 8. The Morgan fingerprint density at radius 2 is 1.90 bits per heavy atom. The van der Waals surface area contributed by atoms with Crippen molar-refractivity contribution in [2.24, 2.45) is 0 Å². The standard InChI is InChI=1S/C16H20O4/c1-13(10-14-6-4-3-5-7-14)12-20-9-8-15(17)11-16(18)19-2/h3-7,10H,8-9,11-12H2,1-2H3/b13-10+. The molecule has 0 aliphatic rings. The summed E-state index contributed by atoms with van der Waals surface area (Å²) in [5.41, 5.74) is 2.20. The van der Waals surface area contributed by atoms with Gasteiger partial charge in [-0.05, 0) is 18.1 Å². The molecule has 4 nitrogen and oxygen atoms in total. The molecule has 0 fully saturated rings. The molecule has 0 radical (unpaired) electrons. The number of ketones is 1. The van der Waals surface area contributed by atoms with Crippen LogP contribution in [0, 0.1) is 0 Å². The first-order valence-electron chi connectivity index (χ1n) is 6.50. The fourth-order valence-electron chi connectivity index (χ4n) is 1.62. The van der Waals surface area contributed by atoms with Crippen LogP contribution in [0.5, 0.6) is 0 Å². The first-order valence-corrected chi connectivity index (χ1v) is 6.50. The zero-order valence-corrected chi connectivity index (χ0v) is 11.9. The maximum atomic E-state index is 11.4. The minimum atomic E-state index is -0.504. The van der Waals surface area contributed by atoms with E-state index in [9.17, 15) is 9.59 Å². The second kappa shape index (κ2) is 9.04. The molecule has 0 bridgehead atoms. The van der Waals surface area contributed by atoms with E-state index >= 15 is 0 Å². The van der Waals surface area contributed by atoms with Gasteiger partial charge in [0.2, 0.25) is 0 Å². The van der Waals surface area contributed by atoms with Gasteiger partial charge in [0.15, 0.2) is 0 Å². The molecule has 0 aliphatic carbocycles. The van der Waals surface area contributed by atoms with Crippen LogP contribution in [0.15, 0.2) is 35.9 Å². The summed E-state index contributed by atoms with van der Waals surface area (Å²) in [6.07, 6.45) is 2.09. The molecule has 0 aromatic heterocycles. The number of esters is 1. The van der Waals surface area contributed by atoms with Crippen molar-refractivity contribution in [2.75, 3.05) is 20.3 Å². The molecule has 0 amide bonds. The van der Waals surface area contributed by atoms with Gasteiger partial charge in [-0.2, -0.15) is 0 Å². The summed E-state index contributed by atoms with van der Waals surface area (Å²) >= 11 is 0. The van der Waals surface area contributed by atoms with Gasteiger partial charge >= 0.3 is 5.97 Å². The van der Waals surface area contributed by atoms with Crippen molar-refractivity contribution in [3.63, 3.8) is 0 Å². The number of benzene rings is 1. The van der Waals surface area contributed by atoms with Crippen molar-refractivity contribution in [3.8, 4) is 0 Å². The van der Waals surface area contributed by atoms with Crippen LogP contribution in [0.1, 0.15) is 25.3 Å². The molecular weight excluding hydrogens is 256 g/mol. The van der Waals surface area contributed by atoms with E-state index in [0.717, 1.165) is 11.1 Å². The van der Waals surface area contributed by atoms with Gasteiger partial charge in [0, 0.05) is 6.42 Å². The molecule has 1 aromatic carbocycles. The minimum absolute atomic E-state index is 0.165. The molecule has 0 heterocycles. The third kappa shape index (κ3) is 6.85. The van der Waals surface area contributed by atoms with Crippen molar-refractivity contribution in [1.82, 2.24) is 0 Å². The molecule has 20 heavy (non-hydrogen) atoms. The summed E-state index contributed by atoms with van der Waals surface area (Å²) in [5.74, 6) is -0.670. The highest BCUT2D eigenvalue weighted by Gasteiger charge is 2.08. The van der Waals surface area contributed by atoms with Crippen LogP contribution < -0.4 is 0 Å². The van der Waals surface area contributed by atoms with E-state index in [1.165, 1.54) is 7.11 Å². The molecule has 1 aromatic rings. The van der Waals surface area contributed by atoms with Crippen LogP contribution in [0.2, 0.25) is 0 Å². The molecule has 4 heteroatoms. The monoisotopic (exact) mass is 276 g/mol. The molecular formula is C16H20O4. The van der Waals surface area contributed by atoms with Gasteiger partial charge in [0.1, 0.15) is 12.2 Å². The second-order valence-electron chi connectivity index (χ2n) is 4.50. The molecule has 0 N–H and O–H groups in total. The van der Waals surface area contributed by atoms with E-state index in [4.69, 9.17) is 4.74 Å². The van der Waals surface area contributed by atoms with E-state index in [1.807, 2.05) is 43.3 Å². The number of hydrogen-bond acceptors (Lipinski definition) is 4. The van der Waals surface area contributed by atoms with E-state index in [2.05, 4.69) is 4.74 Å². The quantitative estimate of drug-likeness (QED) is 0.416. The van der Waals surface area contributed by atoms with Gasteiger partial charge in [-0.3, -0.25) is 9.59 Å². The Hall–Kier alpha value is -1.94. The zero-order chi connectivity index (χ0) is 14.8. The summed E-state index contributed by atoms with van der Waals surface area (Å²) in [6, 6.07) is 9.96. The second-order valence-corrected chi connectivity index (χ2v) is 4.50. The van der Waals surface area contributed by atoms with Crippen LogP contribution in [0.4, 0.5) is 0 Å². The average molecular weight is 276 g/mol. The van der Waals surface area contributed by atoms with Crippen molar-refractivity contribution < 1.29 is 19.1 Å². The summed E-state index contributed by atoms with van der Waals surface area (Å²) in [7, 11) is 1.27. The first-order chi connectivity index (χ1) is 9.61. The lowest BCUT2D eigenvalue weighted by Gasteiger charge is -2.04. The SMILES string of the molecule is COC(=O)CC(=O)CCOC/C(C)=C/c1ccccc1. The maximum Gasteiger partial charge on any atom is 0.313 e. The maximum absolute atomic E-state index is 11.4. The van der Waals surface area contributed by atoms with Gasteiger partial charge in [-0.25, -0.2) is 0 Å². The number of carbonyl (C=O) groups excluding carboxylic acids is 2. The highest BCUT2D eigenvalue weighted by Crippen LogP contribution is 2.06. The molecule has 0 spiro atoms. The van der Waals surface area contributed by atoms with Gasteiger partial charge in [0.05, 0.1) is 20.3 Å². The zero-order valence-electron chi connectivity index (χ0n) is 11.9. The summed E-state index contributed by atoms with van der Waals surface area (Å²) in [4.78, 5) is 22.2. The van der Waals surface area contributed by atoms with Crippen LogP contribution in [-0.4, -0.2) is 32.1 Å². The molecule has 0 unspecified atom stereocenters. The minimum Gasteiger partial charge on any atom is -0.469 e. The highest BCUT2D eigenvalue weighted by molar-refractivity contribution is 5.95. The third-order valence-corrected chi connectivity index (χ3v) is 2.64. The lowest BCUT2D eigenvalue weighted by atomic mass is 10.1. The third-order valence-electron chi connectivity index (χ3n) is 2.64. The average Bonchev–Trinajstić information content (AvgIpc) is 2.44. The van der Waals surface area contributed by atoms with E-state index in [-0.39, 0.29) is 18.6 Å². The molecule has 108 valence electrons. The lowest BCUT2D eigenvalue weighted by molar-refractivity contribution is -0.143. The summed E-state index contributed by atoms with van der Waals surface area (Å²) in [5, 5.41) is 0. The number of Topliss-reactive ketones (excluding diaryl/α,β-unsaturated/α-hetero) is 1. The lowest BCUT2D eigenvalue weighted by Crippen LogP contribution is -2.11. The van der Waals surface area contributed by atoms with Gasteiger partial charge in [-0.1, -0.05) is 36.4 Å². The predicted molar refractivity (Wildman–Crippen MR) is 77.2 cm³/mol. The predicted octanol–water partition coefficient (Wildman–Crippen LogP) is 2.63. The van der Waals surface area contributed by atoms with Gasteiger partial charge in [0.25, 0.3) is 0 Å². The molecule has 0 atom stereocenters. The summed E-state index contributed by atoms with van der Waals surface area (Å²) in [6.45, 7) is 2.76. The normalized spacial score (nSPS) is 11.2. The smallest absolute Gasteiger partial charge is 0.313 e. The van der Waals surface area contributed by atoms with Crippen LogP contribution in [0.3, 0.4) is 0 Å². The first kappa shape index (κ1) is 16.1.